The lowest BCUT2D eigenvalue weighted by Gasteiger charge is -2.30. The predicted octanol–water partition coefficient (Wildman–Crippen LogP) is 6.13. The zero-order chi connectivity index (χ0) is 25.4. The van der Waals surface area contributed by atoms with E-state index in [0.717, 1.165) is 22.6 Å². The van der Waals surface area contributed by atoms with Crippen LogP contribution >= 0.6 is 23.1 Å². The van der Waals surface area contributed by atoms with E-state index >= 15 is 0 Å². The molecule has 0 atom stereocenters. The number of hydrogen-bond acceptors (Lipinski definition) is 6. The van der Waals surface area contributed by atoms with Crippen molar-refractivity contribution in [2.45, 2.75) is 18.6 Å². The Bertz CT molecular complexity index is 1470. The van der Waals surface area contributed by atoms with E-state index in [1.807, 2.05) is 18.4 Å². The summed E-state index contributed by atoms with van der Waals surface area (Å²) >= 11 is 2.67. The molecule has 0 aliphatic carbocycles. The van der Waals surface area contributed by atoms with Crippen molar-refractivity contribution >= 4 is 52.2 Å². The predicted molar refractivity (Wildman–Crippen MR) is 137 cm³/mol. The van der Waals surface area contributed by atoms with Gasteiger partial charge in [0.2, 0.25) is 0 Å². The molecular formula is C25H19F2N5O2S2. The molecule has 5 rings (SSSR count). The number of nitrogens with one attached hydrogen (secondary N) is 2. The number of rotatable bonds is 5. The van der Waals surface area contributed by atoms with Crippen LogP contribution in [0.4, 0.5) is 30.8 Å². The van der Waals surface area contributed by atoms with Crippen LogP contribution in [0, 0.1) is 18.6 Å². The standard InChI is InChI=1S/C25H19F2N5O2S2/c1-13-6-7-15(29-23(33)14-8-9-36-12-14)10-16(13)20-17-11-28-25(34)32(22(17)31-24(30-20)35-2)21-18(26)4-3-5-19(21)27/h3-10,12H,11H2,1-2H3,(H,28,34)(H,29,33). The van der Waals surface area contributed by atoms with Gasteiger partial charge in [-0.2, -0.15) is 11.3 Å². The fraction of sp³-hybridized carbons (Fsp3) is 0.120. The van der Waals surface area contributed by atoms with Gasteiger partial charge < -0.3 is 10.6 Å². The van der Waals surface area contributed by atoms with Crippen LogP contribution in [-0.2, 0) is 6.54 Å². The molecule has 1 aliphatic heterocycles. The van der Waals surface area contributed by atoms with Crippen LogP contribution in [0.2, 0.25) is 0 Å². The minimum atomic E-state index is -0.891. The third kappa shape index (κ3) is 4.31. The highest BCUT2D eigenvalue weighted by molar-refractivity contribution is 7.98. The molecule has 0 fully saturated rings. The minimum absolute atomic E-state index is 0.0651. The number of thiophene rings is 1. The first kappa shape index (κ1) is 23.9. The van der Waals surface area contributed by atoms with Crippen molar-refractivity contribution in [3.63, 3.8) is 0 Å². The molecule has 0 radical (unpaired) electrons. The number of amides is 3. The van der Waals surface area contributed by atoms with Crippen molar-refractivity contribution in [3.05, 3.63) is 81.5 Å². The molecule has 1 aliphatic rings. The first-order valence-corrected chi connectivity index (χ1v) is 13.0. The number of nitrogens with zero attached hydrogens (tertiary/aromatic N) is 3. The van der Waals surface area contributed by atoms with Gasteiger partial charge in [0.05, 0.1) is 17.8 Å². The van der Waals surface area contributed by atoms with Gasteiger partial charge in [0.25, 0.3) is 5.91 Å². The number of hydrogen-bond donors (Lipinski definition) is 2. The van der Waals surface area contributed by atoms with E-state index in [4.69, 9.17) is 0 Å². The van der Waals surface area contributed by atoms with E-state index < -0.39 is 23.4 Å². The smallest absolute Gasteiger partial charge is 0.328 e. The number of aromatic nitrogens is 2. The summed E-state index contributed by atoms with van der Waals surface area (Å²) in [5.41, 5.74) is 3.14. The van der Waals surface area contributed by atoms with E-state index in [2.05, 4.69) is 20.6 Å². The average molecular weight is 524 g/mol. The van der Waals surface area contributed by atoms with Crippen LogP contribution in [-0.4, -0.2) is 28.2 Å². The lowest BCUT2D eigenvalue weighted by atomic mass is 9.99. The SMILES string of the molecule is CSc1nc(-c2cc(NC(=O)c3ccsc3)ccc2C)c2c(n1)N(c1c(F)cccc1F)C(=O)NC2. The second-order valence-corrected chi connectivity index (χ2v) is 9.47. The Kier molecular flexibility index (Phi) is 6.42. The molecule has 7 nitrogen and oxygen atoms in total. The molecule has 3 heterocycles. The minimum Gasteiger partial charge on any atom is -0.333 e. The molecule has 3 amide bonds. The molecule has 2 N–H and O–H groups in total. The molecule has 0 saturated carbocycles. The number of carbonyl (C=O) groups excluding carboxylic acids is 2. The molecule has 4 aromatic rings. The largest absolute Gasteiger partial charge is 0.333 e. The Balaban J connectivity index is 1.65. The second kappa shape index (κ2) is 9.67. The quantitative estimate of drug-likeness (QED) is 0.243. The fourth-order valence-electron chi connectivity index (χ4n) is 3.92. The molecule has 36 heavy (non-hydrogen) atoms. The van der Waals surface area contributed by atoms with Gasteiger partial charge in [0.15, 0.2) is 11.0 Å². The molecule has 0 bridgehead atoms. The van der Waals surface area contributed by atoms with Crippen LogP contribution in [0.3, 0.4) is 0 Å². The zero-order valence-electron chi connectivity index (χ0n) is 19.1. The van der Waals surface area contributed by atoms with Gasteiger partial charge in [-0.25, -0.2) is 28.4 Å². The third-order valence-corrected chi connectivity index (χ3v) is 6.90. The van der Waals surface area contributed by atoms with E-state index in [1.165, 1.54) is 29.2 Å². The van der Waals surface area contributed by atoms with Crippen LogP contribution in [0.5, 0.6) is 0 Å². The van der Waals surface area contributed by atoms with Crippen molar-refractivity contribution in [2.24, 2.45) is 0 Å². The van der Waals surface area contributed by atoms with Gasteiger partial charge in [-0.15, -0.1) is 0 Å². The normalized spacial score (nSPS) is 12.8. The average Bonchev–Trinajstić information content (AvgIpc) is 3.41. The fourth-order valence-corrected chi connectivity index (χ4v) is 4.91. The summed E-state index contributed by atoms with van der Waals surface area (Å²) in [7, 11) is 0. The first-order valence-electron chi connectivity index (χ1n) is 10.8. The number of fused-ring (bicyclic) bond motifs is 1. The van der Waals surface area contributed by atoms with Gasteiger partial charge in [-0.05, 0) is 54.5 Å². The maximum atomic E-state index is 14.7. The summed E-state index contributed by atoms with van der Waals surface area (Å²) < 4.78 is 29.4. The molecule has 2 aromatic heterocycles. The number of aryl methyl sites for hydroxylation is 1. The van der Waals surface area contributed by atoms with Crippen LogP contribution < -0.4 is 15.5 Å². The molecular weight excluding hydrogens is 504 g/mol. The van der Waals surface area contributed by atoms with Crippen molar-refractivity contribution < 1.29 is 18.4 Å². The number of thioether (sulfide) groups is 1. The number of halogens is 2. The number of benzene rings is 2. The van der Waals surface area contributed by atoms with Crippen molar-refractivity contribution in [2.75, 3.05) is 16.5 Å². The summed E-state index contributed by atoms with van der Waals surface area (Å²) in [6.45, 7) is 1.96. The Hall–Kier alpha value is -3.83. The lowest BCUT2D eigenvalue weighted by molar-refractivity contribution is 0.102. The Labute approximate surface area is 213 Å². The summed E-state index contributed by atoms with van der Waals surface area (Å²) in [6, 6.07) is 9.86. The second-order valence-electron chi connectivity index (χ2n) is 7.92. The lowest BCUT2D eigenvalue weighted by Crippen LogP contribution is -2.43. The highest BCUT2D eigenvalue weighted by atomic mass is 32.2. The molecule has 182 valence electrons. The molecule has 0 spiro atoms. The summed E-state index contributed by atoms with van der Waals surface area (Å²) in [5.74, 6) is -1.92. The van der Waals surface area contributed by atoms with Crippen molar-refractivity contribution in [1.82, 2.24) is 15.3 Å². The summed E-state index contributed by atoms with van der Waals surface area (Å²) in [4.78, 5) is 35.5. The van der Waals surface area contributed by atoms with Crippen LogP contribution in [0.15, 0.2) is 58.4 Å². The van der Waals surface area contributed by atoms with Crippen LogP contribution in [0.1, 0.15) is 21.5 Å². The Morgan fingerprint density at radius 3 is 2.64 bits per heavy atom. The Morgan fingerprint density at radius 1 is 1.17 bits per heavy atom. The highest BCUT2D eigenvalue weighted by Crippen LogP contribution is 2.39. The Morgan fingerprint density at radius 2 is 1.94 bits per heavy atom. The topological polar surface area (TPSA) is 87.2 Å². The number of urea groups is 1. The number of anilines is 3. The molecule has 0 saturated heterocycles. The maximum absolute atomic E-state index is 14.7. The third-order valence-electron chi connectivity index (χ3n) is 5.67. The highest BCUT2D eigenvalue weighted by Gasteiger charge is 2.34. The first-order chi connectivity index (χ1) is 17.4. The summed E-state index contributed by atoms with van der Waals surface area (Å²) in [6.07, 6.45) is 1.77. The van der Waals surface area contributed by atoms with Crippen LogP contribution in [0.25, 0.3) is 11.3 Å². The van der Waals surface area contributed by atoms with E-state index in [9.17, 15) is 18.4 Å². The molecule has 11 heteroatoms. The zero-order valence-corrected chi connectivity index (χ0v) is 20.8. The van der Waals surface area contributed by atoms with Gasteiger partial charge in [-0.1, -0.05) is 23.9 Å². The monoisotopic (exact) mass is 523 g/mol. The van der Waals surface area contributed by atoms with E-state index in [-0.39, 0.29) is 18.3 Å². The van der Waals surface area contributed by atoms with Crippen molar-refractivity contribution in [1.29, 1.82) is 0 Å². The van der Waals surface area contributed by atoms with E-state index in [1.54, 1.807) is 29.8 Å². The van der Waals surface area contributed by atoms with Gasteiger partial charge in [0.1, 0.15) is 17.3 Å². The van der Waals surface area contributed by atoms with Crippen molar-refractivity contribution in [3.8, 4) is 11.3 Å². The molecule has 2 aromatic carbocycles. The van der Waals surface area contributed by atoms with E-state index in [0.29, 0.717) is 33.2 Å². The van der Waals surface area contributed by atoms with Gasteiger partial charge >= 0.3 is 6.03 Å². The number of carbonyl (C=O) groups is 2. The van der Waals surface area contributed by atoms with Gasteiger partial charge in [0, 0.05) is 22.2 Å². The summed E-state index contributed by atoms with van der Waals surface area (Å²) in [5, 5.41) is 9.47. The number of para-hydroxylation sites is 1. The maximum Gasteiger partial charge on any atom is 0.328 e. The van der Waals surface area contributed by atoms with Gasteiger partial charge in [-0.3, -0.25) is 4.79 Å². The molecule has 0 unspecified atom stereocenters.